The number of hydrogen-bond donors (Lipinski definition) is 1. The van der Waals surface area contributed by atoms with E-state index in [0.29, 0.717) is 17.2 Å². The lowest BCUT2D eigenvalue weighted by molar-refractivity contribution is 0.413. The van der Waals surface area contributed by atoms with Gasteiger partial charge in [0, 0.05) is 0 Å². The Morgan fingerprint density at radius 1 is 1.56 bits per heavy atom. The number of rotatable bonds is 3. The number of benzene rings is 1. The first-order valence-corrected chi connectivity index (χ1v) is 5.61. The Labute approximate surface area is 96.0 Å². The maximum atomic E-state index is 8.99. The second-order valence-electron chi connectivity index (χ2n) is 4.21. The fraction of sp³-hybridized carbons (Fsp3) is 0.462. The van der Waals surface area contributed by atoms with Crippen molar-refractivity contribution in [2.24, 2.45) is 5.92 Å². The first kappa shape index (κ1) is 11.0. The van der Waals surface area contributed by atoms with Gasteiger partial charge in [0.1, 0.15) is 11.8 Å². The van der Waals surface area contributed by atoms with Crippen molar-refractivity contribution in [2.45, 2.75) is 12.8 Å². The lowest BCUT2D eigenvalue weighted by Crippen LogP contribution is -2.10. The van der Waals surface area contributed by atoms with Gasteiger partial charge < -0.3 is 10.1 Å². The van der Waals surface area contributed by atoms with Crippen LogP contribution in [0.15, 0.2) is 18.2 Å². The summed E-state index contributed by atoms with van der Waals surface area (Å²) >= 11 is 0. The minimum absolute atomic E-state index is 0.631. The predicted octanol–water partition coefficient (Wildman–Crippen LogP) is 1.72. The van der Waals surface area contributed by atoms with Gasteiger partial charge in [-0.25, -0.2) is 0 Å². The van der Waals surface area contributed by atoms with E-state index in [2.05, 4.69) is 17.5 Å². The van der Waals surface area contributed by atoms with Crippen LogP contribution in [-0.4, -0.2) is 20.2 Å². The average molecular weight is 216 g/mol. The average Bonchev–Trinajstić information content (AvgIpc) is 2.81. The monoisotopic (exact) mass is 216 g/mol. The number of nitrogens with zero attached hydrogens (tertiary/aromatic N) is 1. The standard InChI is InChI=1S/C13H16N2O/c1-16-13-3-2-10(7-12(13)8-14)6-11-4-5-15-9-11/h2-3,7,11,15H,4-6,9H2,1H3. The van der Waals surface area contributed by atoms with E-state index in [-0.39, 0.29) is 0 Å². The lowest BCUT2D eigenvalue weighted by atomic mass is 9.97. The minimum atomic E-state index is 0.631. The minimum Gasteiger partial charge on any atom is -0.495 e. The molecule has 1 saturated heterocycles. The maximum Gasteiger partial charge on any atom is 0.136 e. The summed E-state index contributed by atoms with van der Waals surface area (Å²) in [7, 11) is 1.59. The van der Waals surface area contributed by atoms with Gasteiger partial charge in [-0.1, -0.05) is 6.07 Å². The van der Waals surface area contributed by atoms with Crippen LogP contribution in [0.4, 0.5) is 0 Å². The van der Waals surface area contributed by atoms with Gasteiger partial charge in [-0.2, -0.15) is 5.26 Å². The first-order chi connectivity index (χ1) is 7.83. The van der Waals surface area contributed by atoms with E-state index in [1.54, 1.807) is 7.11 Å². The van der Waals surface area contributed by atoms with E-state index in [1.165, 1.54) is 12.0 Å². The topological polar surface area (TPSA) is 45.0 Å². The van der Waals surface area contributed by atoms with Gasteiger partial charge in [-0.05, 0) is 49.5 Å². The van der Waals surface area contributed by atoms with E-state index in [0.717, 1.165) is 19.5 Å². The summed E-state index contributed by atoms with van der Waals surface area (Å²) in [6.45, 7) is 2.21. The molecule has 1 heterocycles. The Hall–Kier alpha value is -1.53. The van der Waals surface area contributed by atoms with E-state index in [4.69, 9.17) is 10.00 Å². The van der Waals surface area contributed by atoms with E-state index in [9.17, 15) is 0 Å². The largest absolute Gasteiger partial charge is 0.495 e. The molecule has 1 fully saturated rings. The van der Waals surface area contributed by atoms with Crippen LogP contribution in [0.2, 0.25) is 0 Å². The molecule has 1 unspecified atom stereocenters. The Balaban J connectivity index is 2.13. The van der Waals surface area contributed by atoms with Gasteiger partial charge in [-0.3, -0.25) is 0 Å². The summed E-state index contributed by atoms with van der Waals surface area (Å²) in [6.07, 6.45) is 2.28. The smallest absolute Gasteiger partial charge is 0.136 e. The molecule has 0 aromatic heterocycles. The third-order valence-electron chi connectivity index (χ3n) is 3.07. The molecule has 1 atom stereocenters. The van der Waals surface area contributed by atoms with Crippen LogP contribution in [0.25, 0.3) is 0 Å². The van der Waals surface area contributed by atoms with Crippen LogP contribution in [-0.2, 0) is 6.42 Å². The number of hydrogen-bond acceptors (Lipinski definition) is 3. The number of ether oxygens (including phenoxy) is 1. The first-order valence-electron chi connectivity index (χ1n) is 5.61. The van der Waals surface area contributed by atoms with Crippen LogP contribution in [0.3, 0.4) is 0 Å². The highest BCUT2D eigenvalue weighted by atomic mass is 16.5. The van der Waals surface area contributed by atoms with E-state index >= 15 is 0 Å². The van der Waals surface area contributed by atoms with Gasteiger partial charge in [-0.15, -0.1) is 0 Å². The molecule has 1 aliphatic rings. The zero-order chi connectivity index (χ0) is 11.4. The van der Waals surface area contributed by atoms with Gasteiger partial charge in [0.15, 0.2) is 0 Å². The summed E-state index contributed by atoms with van der Waals surface area (Å²) in [4.78, 5) is 0. The van der Waals surface area contributed by atoms with Crippen molar-refractivity contribution < 1.29 is 4.74 Å². The van der Waals surface area contributed by atoms with Crippen LogP contribution < -0.4 is 10.1 Å². The third-order valence-corrected chi connectivity index (χ3v) is 3.07. The summed E-state index contributed by atoms with van der Waals surface area (Å²) < 4.78 is 5.13. The molecule has 1 aromatic rings. The Bertz CT molecular complexity index is 403. The second kappa shape index (κ2) is 5.00. The van der Waals surface area contributed by atoms with E-state index in [1.807, 2.05) is 12.1 Å². The number of methoxy groups -OCH3 is 1. The van der Waals surface area contributed by atoms with Crippen LogP contribution in [0.1, 0.15) is 17.5 Å². The van der Waals surface area contributed by atoms with Crippen molar-refractivity contribution in [1.82, 2.24) is 5.32 Å². The second-order valence-corrected chi connectivity index (χ2v) is 4.21. The Morgan fingerprint density at radius 2 is 2.44 bits per heavy atom. The summed E-state index contributed by atoms with van der Waals surface area (Å²) in [5, 5.41) is 12.3. The highest BCUT2D eigenvalue weighted by Gasteiger charge is 2.15. The molecule has 0 spiro atoms. The lowest BCUT2D eigenvalue weighted by Gasteiger charge is -2.09. The van der Waals surface area contributed by atoms with Crippen molar-refractivity contribution in [2.75, 3.05) is 20.2 Å². The molecule has 0 saturated carbocycles. The molecule has 16 heavy (non-hydrogen) atoms. The fourth-order valence-electron chi connectivity index (χ4n) is 2.19. The van der Waals surface area contributed by atoms with Crippen molar-refractivity contribution in [1.29, 1.82) is 5.26 Å². The molecule has 1 N–H and O–H groups in total. The zero-order valence-corrected chi connectivity index (χ0v) is 9.49. The maximum absolute atomic E-state index is 8.99. The van der Waals surface area contributed by atoms with Crippen LogP contribution in [0.5, 0.6) is 5.75 Å². The normalized spacial score (nSPS) is 19.4. The summed E-state index contributed by atoms with van der Waals surface area (Å²) in [5.41, 5.74) is 1.86. The van der Waals surface area contributed by atoms with Gasteiger partial charge >= 0.3 is 0 Å². The molecular weight excluding hydrogens is 200 g/mol. The third kappa shape index (κ3) is 2.34. The molecule has 1 aliphatic heterocycles. The molecule has 0 amide bonds. The molecule has 0 bridgehead atoms. The van der Waals surface area contributed by atoms with Crippen LogP contribution in [0, 0.1) is 17.2 Å². The number of nitriles is 1. The summed E-state index contributed by atoms with van der Waals surface area (Å²) in [5.74, 6) is 1.37. The Kier molecular flexibility index (Phi) is 3.43. The van der Waals surface area contributed by atoms with Crippen molar-refractivity contribution in [3.05, 3.63) is 29.3 Å². The summed E-state index contributed by atoms with van der Waals surface area (Å²) in [6, 6.07) is 8.05. The molecule has 0 aliphatic carbocycles. The molecule has 3 heteroatoms. The molecule has 2 rings (SSSR count). The molecule has 3 nitrogen and oxygen atoms in total. The van der Waals surface area contributed by atoms with Crippen LogP contribution >= 0.6 is 0 Å². The van der Waals surface area contributed by atoms with Gasteiger partial charge in [0.2, 0.25) is 0 Å². The molecule has 0 radical (unpaired) electrons. The number of nitrogens with one attached hydrogen (secondary N) is 1. The predicted molar refractivity (Wildman–Crippen MR) is 62.4 cm³/mol. The highest BCUT2D eigenvalue weighted by molar-refractivity contribution is 5.45. The Morgan fingerprint density at radius 3 is 3.06 bits per heavy atom. The molecular formula is C13H16N2O. The van der Waals surface area contributed by atoms with Crippen molar-refractivity contribution in [3.8, 4) is 11.8 Å². The van der Waals surface area contributed by atoms with Gasteiger partial charge in [0.25, 0.3) is 0 Å². The fourth-order valence-corrected chi connectivity index (χ4v) is 2.19. The quantitative estimate of drug-likeness (QED) is 0.836. The zero-order valence-electron chi connectivity index (χ0n) is 9.49. The van der Waals surface area contributed by atoms with Crippen molar-refractivity contribution in [3.63, 3.8) is 0 Å². The molecule has 1 aromatic carbocycles. The van der Waals surface area contributed by atoms with Gasteiger partial charge in [0.05, 0.1) is 12.7 Å². The molecule has 84 valence electrons. The highest BCUT2D eigenvalue weighted by Crippen LogP contribution is 2.22. The van der Waals surface area contributed by atoms with E-state index < -0.39 is 0 Å². The van der Waals surface area contributed by atoms with Crippen molar-refractivity contribution >= 4 is 0 Å². The SMILES string of the molecule is COc1ccc(CC2CCNC2)cc1C#N.